The Morgan fingerprint density at radius 2 is 1.87 bits per heavy atom. The summed E-state index contributed by atoms with van der Waals surface area (Å²) in [5, 5.41) is 7.09. The Morgan fingerprint density at radius 3 is 2.68 bits per heavy atom. The molecular formula is C24H21BrN2O4. The highest BCUT2D eigenvalue weighted by Crippen LogP contribution is 2.36. The van der Waals surface area contributed by atoms with E-state index in [0.29, 0.717) is 30.3 Å². The highest BCUT2D eigenvalue weighted by molar-refractivity contribution is 9.10. The van der Waals surface area contributed by atoms with Gasteiger partial charge in [-0.3, -0.25) is 4.79 Å². The predicted molar refractivity (Wildman–Crippen MR) is 125 cm³/mol. The molecular weight excluding hydrogens is 460 g/mol. The van der Waals surface area contributed by atoms with E-state index in [-0.39, 0.29) is 5.76 Å². The largest absolute Gasteiger partial charge is 0.490 e. The lowest BCUT2D eigenvalue weighted by Crippen LogP contribution is -2.16. The first-order chi connectivity index (χ1) is 15.1. The lowest BCUT2D eigenvalue weighted by atomic mass is 10.1. The molecule has 7 heteroatoms. The summed E-state index contributed by atoms with van der Waals surface area (Å²) in [6.45, 7) is 4.84. The lowest BCUT2D eigenvalue weighted by molar-refractivity contribution is 0.0929. The Bertz CT molecular complexity index is 1280. The number of hydrogen-bond donors (Lipinski definition) is 1. The van der Waals surface area contributed by atoms with Gasteiger partial charge >= 0.3 is 5.91 Å². The second kappa shape index (κ2) is 9.22. The van der Waals surface area contributed by atoms with Gasteiger partial charge < -0.3 is 13.9 Å². The van der Waals surface area contributed by atoms with Gasteiger partial charge in [0, 0.05) is 5.39 Å². The summed E-state index contributed by atoms with van der Waals surface area (Å²) in [6, 6.07) is 17.2. The highest BCUT2D eigenvalue weighted by Gasteiger charge is 2.14. The number of benzene rings is 3. The van der Waals surface area contributed by atoms with Crippen LogP contribution in [0.15, 0.2) is 68.6 Å². The molecule has 0 bridgehead atoms. The minimum atomic E-state index is -0.424. The van der Waals surface area contributed by atoms with Crippen LogP contribution in [-0.2, 0) is 0 Å². The zero-order valence-corrected chi connectivity index (χ0v) is 18.7. The van der Waals surface area contributed by atoms with Gasteiger partial charge in [-0.15, -0.1) is 0 Å². The molecule has 158 valence electrons. The second-order valence-electron chi connectivity index (χ2n) is 6.70. The van der Waals surface area contributed by atoms with Crippen LogP contribution < -0.4 is 14.9 Å². The van der Waals surface area contributed by atoms with E-state index in [1.165, 1.54) is 0 Å². The smallest absolute Gasteiger partial charge is 0.307 e. The number of ether oxygens (including phenoxy) is 2. The summed E-state index contributed by atoms with van der Waals surface area (Å²) in [4.78, 5) is 12.5. The van der Waals surface area contributed by atoms with Crippen molar-refractivity contribution in [2.24, 2.45) is 5.10 Å². The highest BCUT2D eigenvalue weighted by atomic mass is 79.9. The minimum Gasteiger partial charge on any atom is -0.490 e. The molecule has 1 heterocycles. The molecule has 0 aliphatic rings. The standard InChI is InChI=1S/C24H21BrN2O4/c1-3-29-21-12-15(11-19(25)23(21)30-4-2)14-26-27-24(28)22-13-18-17-8-6-5-7-16(17)9-10-20(18)31-22/h5-14H,3-4H2,1-2H3,(H,27,28). The number of carbonyl (C=O) groups excluding carboxylic acids is 1. The van der Waals surface area contributed by atoms with Crippen molar-refractivity contribution in [3.05, 3.63) is 70.4 Å². The number of carbonyl (C=O) groups is 1. The van der Waals surface area contributed by atoms with Crippen LogP contribution in [0, 0.1) is 0 Å². The number of hydrogen-bond acceptors (Lipinski definition) is 5. The monoisotopic (exact) mass is 480 g/mol. The van der Waals surface area contributed by atoms with Gasteiger partial charge in [0.05, 0.1) is 23.9 Å². The van der Waals surface area contributed by atoms with Crippen LogP contribution in [0.2, 0.25) is 0 Å². The second-order valence-corrected chi connectivity index (χ2v) is 7.56. The summed E-state index contributed by atoms with van der Waals surface area (Å²) in [5.41, 5.74) is 3.92. The van der Waals surface area contributed by atoms with Crippen LogP contribution >= 0.6 is 15.9 Å². The van der Waals surface area contributed by atoms with Crippen molar-refractivity contribution in [1.29, 1.82) is 0 Å². The Morgan fingerprint density at radius 1 is 1.06 bits per heavy atom. The maximum Gasteiger partial charge on any atom is 0.307 e. The number of hydrazone groups is 1. The van der Waals surface area contributed by atoms with E-state index in [0.717, 1.165) is 26.2 Å². The summed E-state index contributed by atoms with van der Waals surface area (Å²) in [7, 11) is 0. The van der Waals surface area contributed by atoms with E-state index in [4.69, 9.17) is 13.9 Å². The van der Waals surface area contributed by atoms with Crippen LogP contribution in [0.5, 0.6) is 11.5 Å². The molecule has 31 heavy (non-hydrogen) atoms. The van der Waals surface area contributed by atoms with Gasteiger partial charge in [0.2, 0.25) is 0 Å². The third-order valence-electron chi connectivity index (χ3n) is 4.65. The molecule has 1 amide bonds. The Hall–Kier alpha value is -3.32. The normalized spacial score (nSPS) is 11.3. The van der Waals surface area contributed by atoms with Gasteiger partial charge in [0.15, 0.2) is 17.3 Å². The summed E-state index contributed by atoms with van der Waals surface area (Å²) < 4.78 is 17.8. The van der Waals surface area contributed by atoms with Gasteiger partial charge in [0.1, 0.15) is 5.58 Å². The number of fused-ring (bicyclic) bond motifs is 3. The van der Waals surface area contributed by atoms with E-state index in [2.05, 4.69) is 26.5 Å². The topological polar surface area (TPSA) is 73.1 Å². The van der Waals surface area contributed by atoms with Crippen LogP contribution in [0.4, 0.5) is 0 Å². The molecule has 0 spiro atoms. The number of furan rings is 1. The Labute approximate surface area is 188 Å². The first-order valence-corrected chi connectivity index (χ1v) is 10.7. The van der Waals surface area contributed by atoms with Gasteiger partial charge in [-0.2, -0.15) is 5.10 Å². The minimum absolute atomic E-state index is 0.200. The average molecular weight is 481 g/mol. The maximum absolute atomic E-state index is 12.5. The third kappa shape index (κ3) is 4.41. The van der Waals surface area contributed by atoms with E-state index in [1.807, 2.05) is 62.4 Å². The van der Waals surface area contributed by atoms with Crippen molar-refractivity contribution in [2.45, 2.75) is 13.8 Å². The van der Waals surface area contributed by atoms with Crippen molar-refractivity contribution in [3.63, 3.8) is 0 Å². The molecule has 3 aromatic carbocycles. The maximum atomic E-state index is 12.5. The Kier molecular flexibility index (Phi) is 6.23. The lowest BCUT2D eigenvalue weighted by Gasteiger charge is -2.13. The first-order valence-electron chi connectivity index (χ1n) is 9.94. The SMILES string of the molecule is CCOc1cc(C=NNC(=O)c2cc3c(ccc4ccccc43)o2)cc(Br)c1OCC. The van der Waals surface area contributed by atoms with Gasteiger partial charge in [-0.1, -0.05) is 30.3 Å². The summed E-state index contributed by atoms with van der Waals surface area (Å²) >= 11 is 3.50. The van der Waals surface area contributed by atoms with Gasteiger partial charge in [-0.05, 0) is 70.4 Å². The van der Waals surface area contributed by atoms with Gasteiger partial charge in [-0.25, -0.2) is 5.43 Å². The molecule has 0 fully saturated rings. The van der Waals surface area contributed by atoms with Crippen molar-refractivity contribution < 1.29 is 18.7 Å². The van der Waals surface area contributed by atoms with Crippen LogP contribution in [0.25, 0.3) is 21.7 Å². The van der Waals surface area contributed by atoms with E-state index >= 15 is 0 Å². The van der Waals surface area contributed by atoms with Crippen LogP contribution in [0.1, 0.15) is 30.0 Å². The molecule has 0 aliphatic carbocycles. The molecule has 0 saturated carbocycles. The molecule has 4 aromatic rings. The molecule has 1 N–H and O–H groups in total. The first kappa shape index (κ1) is 20.9. The fourth-order valence-corrected chi connectivity index (χ4v) is 3.91. The molecule has 6 nitrogen and oxygen atoms in total. The van der Waals surface area contributed by atoms with Crippen molar-refractivity contribution in [3.8, 4) is 11.5 Å². The van der Waals surface area contributed by atoms with Crippen molar-refractivity contribution in [2.75, 3.05) is 13.2 Å². The third-order valence-corrected chi connectivity index (χ3v) is 5.24. The zero-order chi connectivity index (χ0) is 21.8. The van der Waals surface area contributed by atoms with Crippen LogP contribution in [0.3, 0.4) is 0 Å². The molecule has 0 saturated heterocycles. The molecule has 4 rings (SSSR count). The van der Waals surface area contributed by atoms with E-state index in [9.17, 15) is 4.79 Å². The zero-order valence-electron chi connectivity index (χ0n) is 17.1. The Balaban J connectivity index is 1.54. The average Bonchev–Trinajstić information content (AvgIpc) is 3.21. The van der Waals surface area contributed by atoms with E-state index < -0.39 is 5.91 Å². The van der Waals surface area contributed by atoms with Gasteiger partial charge in [0.25, 0.3) is 0 Å². The summed E-state index contributed by atoms with van der Waals surface area (Å²) in [5.74, 6) is 1.02. The number of halogens is 1. The fourth-order valence-electron chi connectivity index (χ4n) is 3.33. The predicted octanol–water partition coefficient (Wildman–Crippen LogP) is 5.91. The van der Waals surface area contributed by atoms with E-state index in [1.54, 1.807) is 12.3 Å². The molecule has 0 atom stereocenters. The summed E-state index contributed by atoms with van der Waals surface area (Å²) in [6.07, 6.45) is 1.54. The molecule has 0 unspecified atom stereocenters. The molecule has 0 radical (unpaired) electrons. The number of nitrogens with one attached hydrogen (secondary N) is 1. The fraction of sp³-hybridized carbons (Fsp3) is 0.167. The molecule has 1 aromatic heterocycles. The van der Waals surface area contributed by atoms with Crippen molar-refractivity contribution in [1.82, 2.24) is 5.43 Å². The quantitative estimate of drug-likeness (QED) is 0.263. The number of nitrogens with zero attached hydrogens (tertiary/aromatic N) is 1. The van der Waals surface area contributed by atoms with Crippen LogP contribution in [-0.4, -0.2) is 25.3 Å². The van der Waals surface area contributed by atoms with Crippen molar-refractivity contribution >= 4 is 49.8 Å². The number of rotatable bonds is 7. The molecule has 0 aliphatic heterocycles. The number of amides is 1.